The maximum atomic E-state index is 12.4. The van der Waals surface area contributed by atoms with Gasteiger partial charge in [-0.3, -0.25) is 9.59 Å². The Hall–Kier alpha value is -1.98. The highest BCUT2D eigenvalue weighted by Crippen LogP contribution is 2.34. The first-order valence-corrected chi connectivity index (χ1v) is 19.4. The monoisotopic (exact) mass is 894 g/mol. The minimum absolute atomic E-state index is 0.728. The molecule has 27 nitrogen and oxygen atoms in total. The minimum atomic E-state index is -1.96. The van der Waals surface area contributed by atoms with Crippen molar-refractivity contribution in [3.63, 3.8) is 0 Å². The zero-order valence-corrected chi connectivity index (χ0v) is 33.0. The van der Waals surface area contributed by atoms with Crippen LogP contribution in [0.25, 0.3) is 0 Å². The summed E-state index contributed by atoms with van der Waals surface area (Å²) < 4.78 is 51.1. The molecule has 5 aliphatic rings. The van der Waals surface area contributed by atoms with Crippen molar-refractivity contribution in [1.82, 2.24) is 10.6 Å². The Morgan fingerprint density at radius 1 is 0.459 bits per heavy atom. The van der Waals surface area contributed by atoms with E-state index in [1.165, 1.54) is 6.92 Å². The van der Waals surface area contributed by atoms with Crippen LogP contribution in [0.15, 0.2) is 0 Å². The minimum Gasteiger partial charge on any atom is -0.394 e. The average Bonchev–Trinajstić information content (AvgIpc) is 3.21. The molecule has 0 saturated carbocycles. The summed E-state index contributed by atoms with van der Waals surface area (Å²) in [5.74, 6) is -1.49. The van der Waals surface area contributed by atoms with Crippen LogP contribution in [0.1, 0.15) is 20.8 Å². The van der Waals surface area contributed by atoms with E-state index in [1.807, 2.05) is 0 Å². The molecule has 0 spiro atoms. The van der Waals surface area contributed by atoms with Gasteiger partial charge in [0.1, 0.15) is 116 Å². The third kappa shape index (κ3) is 10.9. The van der Waals surface area contributed by atoms with Crippen LogP contribution >= 0.6 is 0 Å². The van der Waals surface area contributed by atoms with Gasteiger partial charge in [-0.25, -0.2) is 0 Å². The number of nitrogens with one attached hydrogen (secondary N) is 2. The molecule has 0 aromatic heterocycles. The summed E-state index contributed by atoms with van der Waals surface area (Å²) in [6.45, 7) is 0.0649. The largest absolute Gasteiger partial charge is 0.394 e. The fraction of sp³-hybridized carbons (Fsp3) is 0.941. The summed E-state index contributed by atoms with van der Waals surface area (Å²) in [5, 5.41) is 152. The quantitative estimate of drug-likeness (QED) is 0.0770. The van der Waals surface area contributed by atoms with Crippen molar-refractivity contribution in [2.45, 2.75) is 174 Å². The van der Waals surface area contributed by atoms with Crippen molar-refractivity contribution >= 4 is 11.8 Å². The van der Waals surface area contributed by atoms with E-state index in [9.17, 15) is 81.1 Å². The summed E-state index contributed by atoms with van der Waals surface area (Å²) in [7, 11) is 0. The third-order valence-electron chi connectivity index (χ3n) is 11.1. The first kappa shape index (κ1) is 50.0. The fourth-order valence-electron chi connectivity index (χ4n) is 7.66. The van der Waals surface area contributed by atoms with E-state index in [4.69, 9.17) is 42.6 Å². The molecule has 2 amide bonds. The molecule has 0 unspecified atom stereocenters. The van der Waals surface area contributed by atoms with Crippen molar-refractivity contribution in [1.29, 1.82) is 0 Å². The van der Waals surface area contributed by atoms with Gasteiger partial charge >= 0.3 is 0 Å². The Labute approximate surface area is 346 Å². The molecule has 5 heterocycles. The lowest BCUT2D eigenvalue weighted by atomic mass is 9.94. The van der Waals surface area contributed by atoms with Gasteiger partial charge in [0.2, 0.25) is 11.8 Å². The van der Waals surface area contributed by atoms with E-state index in [2.05, 4.69) is 10.6 Å². The predicted octanol–water partition coefficient (Wildman–Crippen LogP) is -10.6. The second kappa shape index (κ2) is 21.3. The Morgan fingerprint density at radius 2 is 0.934 bits per heavy atom. The summed E-state index contributed by atoms with van der Waals surface area (Å²) >= 11 is 0. The molecule has 5 rings (SSSR count). The number of carbonyl (C=O) groups excluding carboxylic acids is 2. The Kier molecular flexibility index (Phi) is 17.5. The zero-order chi connectivity index (χ0) is 45.2. The number of aliphatic hydroxyl groups excluding tert-OH is 14. The van der Waals surface area contributed by atoms with Gasteiger partial charge < -0.3 is 125 Å². The van der Waals surface area contributed by atoms with Crippen LogP contribution in [0.4, 0.5) is 0 Å². The molecular weight excluding hydrogens is 836 g/mol. The molecule has 0 bridgehead atoms. The lowest BCUT2D eigenvalue weighted by Gasteiger charge is -2.49. The second-order valence-electron chi connectivity index (χ2n) is 15.4. The molecule has 0 radical (unpaired) electrons. The average molecular weight is 895 g/mol. The van der Waals surface area contributed by atoms with Crippen LogP contribution < -0.4 is 10.6 Å². The maximum absolute atomic E-state index is 12.4. The lowest BCUT2D eigenvalue weighted by Crippen LogP contribution is -2.69. The molecule has 354 valence electrons. The highest BCUT2D eigenvalue weighted by atomic mass is 16.8. The first-order valence-electron chi connectivity index (χ1n) is 19.4. The van der Waals surface area contributed by atoms with E-state index in [0.717, 1.165) is 13.8 Å². The zero-order valence-electron chi connectivity index (χ0n) is 33.0. The van der Waals surface area contributed by atoms with Crippen molar-refractivity contribution < 1.29 is 124 Å². The maximum Gasteiger partial charge on any atom is 0.217 e. The molecule has 5 aliphatic heterocycles. The van der Waals surface area contributed by atoms with Crippen LogP contribution in [0.5, 0.6) is 0 Å². The van der Waals surface area contributed by atoms with E-state index in [-0.39, 0.29) is 0 Å². The molecule has 0 aliphatic carbocycles. The molecule has 5 fully saturated rings. The van der Waals surface area contributed by atoms with Crippen molar-refractivity contribution in [3.8, 4) is 0 Å². The number of hydrogen-bond acceptors (Lipinski definition) is 25. The van der Waals surface area contributed by atoms with Gasteiger partial charge in [-0.2, -0.15) is 0 Å². The SMILES string of the molecule is CC(=O)N[C@@H]1[C@@H](O[C@@H]2O[C@H](CO)[C@H](O)[C@H](O)[C@H]2O)[C@@H](O)[C@@H](CO[C@@H]2O[C@H](CO)[C@@H](O[C@@H]3O[C@H](CO)[C@H](O)[C@H](O)[C@H]3O[C@@H]3O[C@@H](C)[C@@H](O)[C@@H](O)[C@@H]3O)[C@H](O)[C@H]2NC(C)=O)O[C@@H]1O. The van der Waals surface area contributed by atoms with Gasteiger partial charge in [-0.05, 0) is 6.92 Å². The first-order chi connectivity index (χ1) is 28.7. The topological polar surface area (TPSA) is 424 Å². The van der Waals surface area contributed by atoms with E-state index < -0.39 is 192 Å². The molecule has 5 saturated heterocycles. The molecule has 0 aromatic rings. The van der Waals surface area contributed by atoms with Gasteiger partial charge in [0.25, 0.3) is 0 Å². The van der Waals surface area contributed by atoms with Crippen LogP contribution in [0.2, 0.25) is 0 Å². The molecular formula is C34H58N2O25. The van der Waals surface area contributed by atoms with Gasteiger partial charge in [0, 0.05) is 13.8 Å². The lowest BCUT2D eigenvalue weighted by molar-refractivity contribution is -0.383. The molecule has 61 heavy (non-hydrogen) atoms. The van der Waals surface area contributed by atoms with Crippen molar-refractivity contribution in [3.05, 3.63) is 0 Å². The Bertz CT molecular complexity index is 1420. The summed E-state index contributed by atoms with van der Waals surface area (Å²) in [4.78, 5) is 24.4. The number of rotatable bonds is 14. The number of carbonyl (C=O) groups is 2. The smallest absolute Gasteiger partial charge is 0.217 e. The Morgan fingerprint density at radius 3 is 1.51 bits per heavy atom. The van der Waals surface area contributed by atoms with Gasteiger partial charge in [-0.15, -0.1) is 0 Å². The third-order valence-corrected chi connectivity index (χ3v) is 11.1. The summed E-state index contributed by atoms with van der Waals surface area (Å²) in [6.07, 6.45) is -40.1. The molecule has 25 atom stereocenters. The number of ether oxygens (including phenoxy) is 9. The number of hydrogen-bond donors (Lipinski definition) is 16. The standard InChI is InChI=1S/C34H58N2O25/c1-8-17(42)22(47)25(50)32(54-8)61-29-24(49)19(44)12(5-38)57-34(29)59-27-13(6-39)58-31(15(21(27)46)35-9(2)40)53-7-14-20(45)28(16(30(52)55-14)36-10(3)41)60-33-26(51)23(48)18(43)11(4-37)56-33/h8,11-34,37-39,42-52H,4-7H2,1-3H3,(H,35,40)(H,36,41)/t8-,11+,12+,13+,14+,15+,16+,17+,18-,19-,20-,21+,22+,23-,24-,25-,26+,27+,28+,29+,30-,31+,32-,33-,34-/m0/s1. The van der Waals surface area contributed by atoms with Crippen LogP contribution in [0, 0.1) is 0 Å². The highest BCUT2D eigenvalue weighted by Gasteiger charge is 2.56. The van der Waals surface area contributed by atoms with Crippen LogP contribution in [-0.2, 0) is 52.2 Å². The predicted molar refractivity (Wildman–Crippen MR) is 188 cm³/mol. The van der Waals surface area contributed by atoms with Gasteiger partial charge in [-0.1, -0.05) is 0 Å². The van der Waals surface area contributed by atoms with Crippen molar-refractivity contribution in [2.24, 2.45) is 0 Å². The highest BCUT2D eigenvalue weighted by molar-refractivity contribution is 5.73. The molecule has 0 aromatic carbocycles. The fourth-order valence-corrected chi connectivity index (χ4v) is 7.66. The van der Waals surface area contributed by atoms with Crippen LogP contribution in [-0.4, -0.2) is 263 Å². The van der Waals surface area contributed by atoms with Gasteiger partial charge in [0.05, 0.1) is 32.5 Å². The van der Waals surface area contributed by atoms with Gasteiger partial charge in [0.15, 0.2) is 31.5 Å². The summed E-state index contributed by atoms with van der Waals surface area (Å²) in [6, 6.07) is -3.15. The van der Waals surface area contributed by atoms with Crippen molar-refractivity contribution in [2.75, 3.05) is 26.4 Å². The summed E-state index contributed by atoms with van der Waals surface area (Å²) in [5.41, 5.74) is 0. The van der Waals surface area contributed by atoms with E-state index >= 15 is 0 Å². The second-order valence-corrected chi connectivity index (χ2v) is 15.4. The normalized spacial score (nSPS) is 49.6. The Balaban J connectivity index is 1.34. The van der Waals surface area contributed by atoms with E-state index in [1.54, 1.807) is 0 Å². The van der Waals surface area contributed by atoms with Crippen LogP contribution in [0.3, 0.4) is 0 Å². The molecule has 27 heteroatoms. The molecule has 16 N–H and O–H groups in total. The van der Waals surface area contributed by atoms with E-state index in [0.29, 0.717) is 0 Å². The number of aliphatic hydroxyl groups is 14. The number of amides is 2.